The standard InChI is InChI=1S/C22H24ClN3O3S2/c1-14(20(27)25-9-6-19-15(13-25)7-11-30-19)31-22-24-18-12-16(23)4-5-17(18)21(28)26(22)8-3-10-29-2/h4-5,7,11-12,14H,3,6,8-10,13H2,1-2H3. The number of thiophene rings is 1. The van der Waals surface area contributed by atoms with Crippen LogP contribution in [0.2, 0.25) is 5.02 Å². The lowest BCUT2D eigenvalue weighted by Crippen LogP contribution is -2.40. The average Bonchev–Trinajstić information content (AvgIpc) is 3.23. The molecule has 3 heterocycles. The molecule has 1 aliphatic rings. The number of aromatic nitrogens is 2. The van der Waals surface area contributed by atoms with Crippen LogP contribution in [0.3, 0.4) is 0 Å². The second kappa shape index (κ2) is 9.73. The van der Waals surface area contributed by atoms with Crippen molar-refractivity contribution in [2.75, 3.05) is 20.3 Å². The van der Waals surface area contributed by atoms with E-state index in [1.54, 1.807) is 41.2 Å². The Morgan fingerprint density at radius 3 is 3.03 bits per heavy atom. The molecule has 1 aromatic carbocycles. The first-order valence-corrected chi connectivity index (χ1v) is 12.3. The minimum atomic E-state index is -0.364. The summed E-state index contributed by atoms with van der Waals surface area (Å²) in [6, 6.07) is 7.19. The summed E-state index contributed by atoms with van der Waals surface area (Å²) >= 11 is 9.20. The zero-order chi connectivity index (χ0) is 22.0. The first-order chi connectivity index (χ1) is 15.0. The van der Waals surface area contributed by atoms with Gasteiger partial charge in [0.25, 0.3) is 5.56 Å². The van der Waals surface area contributed by atoms with E-state index in [0.29, 0.717) is 47.2 Å². The summed E-state index contributed by atoms with van der Waals surface area (Å²) in [5.41, 5.74) is 1.65. The lowest BCUT2D eigenvalue weighted by molar-refractivity contribution is -0.131. The normalized spacial score (nSPS) is 14.6. The smallest absolute Gasteiger partial charge is 0.262 e. The molecule has 1 amide bonds. The Kier molecular flexibility index (Phi) is 7.01. The van der Waals surface area contributed by atoms with E-state index in [2.05, 4.69) is 11.4 Å². The van der Waals surface area contributed by atoms with Crippen molar-refractivity contribution in [1.82, 2.24) is 14.5 Å². The third kappa shape index (κ3) is 4.82. The predicted molar refractivity (Wildman–Crippen MR) is 126 cm³/mol. The highest BCUT2D eigenvalue weighted by molar-refractivity contribution is 8.00. The summed E-state index contributed by atoms with van der Waals surface area (Å²) in [4.78, 5) is 34.3. The van der Waals surface area contributed by atoms with Gasteiger partial charge < -0.3 is 9.64 Å². The number of hydrogen-bond acceptors (Lipinski definition) is 6. The zero-order valence-corrected chi connectivity index (χ0v) is 19.9. The van der Waals surface area contributed by atoms with Gasteiger partial charge in [-0.1, -0.05) is 23.4 Å². The molecule has 164 valence electrons. The number of rotatable bonds is 7. The highest BCUT2D eigenvalue weighted by atomic mass is 35.5. The molecule has 0 saturated heterocycles. The van der Waals surface area contributed by atoms with Crippen molar-refractivity contribution in [1.29, 1.82) is 0 Å². The van der Waals surface area contributed by atoms with Crippen molar-refractivity contribution >= 4 is 51.5 Å². The third-order valence-electron chi connectivity index (χ3n) is 5.36. The van der Waals surface area contributed by atoms with E-state index in [1.165, 1.54) is 22.2 Å². The average molecular weight is 478 g/mol. The number of thioether (sulfide) groups is 1. The molecular formula is C22H24ClN3O3S2. The van der Waals surface area contributed by atoms with Gasteiger partial charge >= 0.3 is 0 Å². The molecule has 6 nitrogen and oxygen atoms in total. The van der Waals surface area contributed by atoms with Gasteiger partial charge in [0, 0.05) is 43.3 Å². The highest BCUT2D eigenvalue weighted by Crippen LogP contribution is 2.28. The molecule has 0 bridgehead atoms. The predicted octanol–water partition coefficient (Wildman–Crippen LogP) is 4.21. The summed E-state index contributed by atoms with van der Waals surface area (Å²) in [6.07, 6.45) is 1.57. The molecule has 0 saturated carbocycles. The van der Waals surface area contributed by atoms with Crippen LogP contribution in [0.15, 0.2) is 39.6 Å². The maximum absolute atomic E-state index is 13.2. The molecule has 4 rings (SSSR count). The molecule has 0 radical (unpaired) electrons. The van der Waals surface area contributed by atoms with Crippen LogP contribution in [0.1, 0.15) is 23.8 Å². The van der Waals surface area contributed by atoms with Crippen molar-refractivity contribution in [3.8, 4) is 0 Å². The van der Waals surface area contributed by atoms with Crippen LogP contribution >= 0.6 is 34.7 Å². The first kappa shape index (κ1) is 22.3. The fourth-order valence-electron chi connectivity index (χ4n) is 3.73. The molecule has 2 aromatic heterocycles. The Bertz CT molecular complexity index is 1160. The third-order valence-corrected chi connectivity index (χ3v) is 7.70. The van der Waals surface area contributed by atoms with Crippen LogP contribution in [-0.4, -0.2) is 45.9 Å². The molecular weight excluding hydrogens is 454 g/mol. The van der Waals surface area contributed by atoms with Gasteiger partial charge in [0.2, 0.25) is 5.91 Å². The lowest BCUT2D eigenvalue weighted by Gasteiger charge is -2.29. The van der Waals surface area contributed by atoms with Crippen LogP contribution in [0, 0.1) is 0 Å². The van der Waals surface area contributed by atoms with Crippen LogP contribution in [0.4, 0.5) is 0 Å². The number of methoxy groups -OCH3 is 1. The number of benzene rings is 1. The number of carbonyl (C=O) groups excluding carboxylic acids is 1. The Morgan fingerprint density at radius 1 is 1.39 bits per heavy atom. The number of hydrogen-bond donors (Lipinski definition) is 0. The quantitative estimate of drug-likeness (QED) is 0.290. The number of fused-ring (bicyclic) bond motifs is 2. The highest BCUT2D eigenvalue weighted by Gasteiger charge is 2.27. The number of carbonyl (C=O) groups is 1. The van der Waals surface area contributed by atoms with E-state index in [0.717, 1.165) is 13.0 Å². The summed E-state index contributed by atoms with van der Waals surface area (Å²) < 4.78 is 6.80. The summed E-state index contributed by atoms with van der Waals surface area (Å²) in [6.45, 7) is 4.26. The molecule has 0 N–H and O–H groups in total. The van der Waals surface area contributed by atoms with Gasteiger partial charge in [-0.25, -0.2) is 4.98 Å². The number of halogens is 1. The Labute approximate surface area is 194 Å². The fourth-order valence-corrected chi connectivity index (χ4v) is 5.80. The van der Waals surface area contributed by atoms with Crippen molar-refractivity contribution in [2.45, 2.75) is 43.3 Å². The Morgan fingerprint density at radius 2 is 2.23 bits per heavy atom. The second-order valence-electron chi connectivity index (χ2n) is 7.50. The maximum atomic E-state index is 13.2. The van der Waals surface area contributed by atoms with Crippen LogP contribution in [-0.2, 0) is 29.0 Å². The van der Waals surface area contributed by atoms with E-state index in [-0.39, 0.29) is 16.7 Å². The van der Waals surface area contributed by atoms with Gasteiger partial charge in [-0.3, -0.25) is 14.2 Å². The monoisotopic (exact) mass is 477 g/mol. The lowest BCUT2D eigenvalue weighted by atomic mass is 10.1. The topological polar surface area (TPSA) is 64.4 Å². The molecule has 9 heteroatoms. The second-order valence-corrected chi connectivity index (χ2v) is 10.2. The van der Waals surface area contributed by atoms with Gasteiger partial charge in [-0.15, -0.1) is 11.3 Å². The zero-order valence-electron chi connectivity index (χ0n) is 17.5. The van der Waals surface area contributed by atoms with Crippen molar-refractivity contribution in [3.63, 3.8) is 0 Å². The van der Waals surface area contributed by atoms with E-state index in [4.69, 9.17) is 21.3 Å². The molecule has 0 fully saturated rings. The molecule has 1 unspecified atom stereocenters. The molecule has 0 spiro atoms. The summed E-state index contributed by atoms with van der Waals surface area (Å²) in [7, 11) is 1.64. The largest absolute Gasteiger partial charge is 0.385 e. The van der Waals surface area contributed by atoms with Crippen molar-refractivity contribution in [2.24, 2.45) is 0 Å². The molecule has 3 aromatic rings. The summed E-state index contributed by atoms with van der Waals surface area (Å²) in [5.74, 6) is 0.0609. The van der Waals surface area contributed by atoms with E-state index >= 15 is 0 Å². The Balaban J connectivity index is 1.60. The Hall–Kier alpha value is -1.87. The number of amides is 1. The summed E-state index contributed by atoms with van der Waals surface area (Å²) in [5, 5.41) is 3.30. The molecule has 31 heavy (non-hydrogen) atoms. The minimum absolute atomic E-state index is 0.0609. The number of ether oxygens (including phenoxy) is 1. The van der Waals surface area contributed by atoms with Gasteiger partial charge in [-0.05, 0) is 55.0 Å². The van der Waals surface area contributed by atoms with E-state index in [1.807, 2.05) is 11.8 Å². The first-order valence-electron chi connectivity index (χ1n) is 10.2. The van der Waals surface area contributed by atoms with Crippen molar-refractivity contribution in [3.05, 3.63) is 55.5 Å². The van der Waals surface area contributed by atoms with Gasteiger partial charge in [0.15, 0.2) is 5.16 Å². The SMILES string of the molecule is COCCCn1c(SC(C)C(=O)N2CCc3sccc3C2)nc2cc(Cl)ccc2c1=O. The van der Waals surface area contributed by atoms with E-state index in [9.17, 15) is 9.59 Å². The van der Waals surface area contributed by atoms with Gasteiger partial charge in [-0.2, -0.15) is 0 Å². The molecule has 0 aliphatic carbocycles. The maximum Gasteiger partial charge on any atom is 0.262 e. The van der Waals surface area contributed by atoms with Gasteiger partial charge in [0.1, 0.15) is 0 Å². The van der Waals surface area contributed by atoms with Crippen LogP contribution in [0.25, 0.3) is 10.9 Å². The minimum Gasteiger partial charge on any atom is -0.385 e. The van der Waals surface area contributed by atoms with Gasteiger partial charge in [0.05, 0.1) is 16.2 Å². The van der Waals surface area contributed by atoms with Crippen LogP contribution in [0.5, 0.6) is 0 Å². The fraction of sp³-hybridized carbons (Fsp3) is 0.409. The number of nitrogens with zero attached hydrogens (tertiary/aromatic N) is 3. The molecule has 1 aliphatic heterocycles. The van der Waals surface area contributed by atoms with Crippen LogP contribution < -0.4 is 5.56 Å². The molecule has 1 atom stereocenters. The van der Waals surface area contributed by atoms with Crippen molar-refractivity contribution < 1.29 is 9.53 Å². The van der Waals surface area contributed by atoms with E-state index < -0.39 is 0 Å².